The second-order valence-corrected chi connectivity index (χ2v) is 5.82. The highest BCUT2D eigenvalue weighted by Gasteiger charge is 2.49. The molecular weight excluding hydrogens is 228 g/mol. The van der Waals surface area contributed by atoms with Gasteiger partial charge >= 0.3 is 0 Å². The van der Waals surface area contributed by atoms with Crippen LogP contribution in [0, 0.1) is 22.2 Å². The van der Waals surface area contributed by atoms with E-state index < -0.39 is 10.8 Å². The lowest BCUT2D eigenvalue weighted by atomic mass is 9.61. The Balaban J connectivity index is 2.31. The van der Waals surface area contributed by atoms with Gasteiger partial charge in [-0.05, 0) is 12.8 Å². The summed E-state index contributed by atoms with van der Waals surface area (Å²) in [5.74, 6) is 0.0504. The van der Waals surface area contributed by atoms with Crippen molar-refractivity contribution in [2.45, 2.75) is 39.5 Å². The Kier molecular flexibility index (Phi) is 2.97. The molecule has 0 amide bonds. The van der Waals surface area contributed by atoms with E-state index in [2.05, 4.69) is 16.4 Å². The van der Waals surface area contributed by atoms with Gasteiger partial charge in [-0.3, -0.25) is 9.48 Å². The predicted octanol–water partition coefficient (Wildman–Crippen LogP) is 1.65. The molecule has 1 fully saturated rings. The van der Waals surface area contributed by atoms with Crippen LogP contribution < -0.4 is 0 Å². The third-order valence-corrected chi connectivity index (χ3v) is 3.80. The lowest BCUT2D eigenvalue weighted by Gasteiger charge is -2.38. The highest BCUT2D eigenvalue weighted by atomic mass is 16.1. The Morgan fingerprint density at radius 3 is 2.78 bits per heavy atom. The first-order valence-electron chi connectivity index (χ1n) is 6.21. The van der Waals surface area contributed by atoms with Crippen molar-refractivity contribution in [1.29, 1.82) is 5.26 Å². The number of Topliss-reactive ketones (excluding diaryl/α,β-unsaturated/α-hetero) is 1. The number of aryl methyl sites for hydroxylation is 1. The first-order chi connectivity index (χ1) is 8.39. The van der Waals surface area contributed by atoms with Gasteiger partial charge in [-0.15, -0.1) is 5.10 Å². The molecule has 18 heavy (non-hydrogen) atoms. The maximum absolute atomic E-state index is 12.5. The molecular formula is C13H18N4O. The van der Waals surface area contributed by atoms with Crippen LogP contribution in [0.25, 0.3) is 0 Å². The van der Waals surface area contributed by atoms with Crippen molar-refractivity contribution in [3.8, 4) is 6.07 Å². The monoisotopic (exact) mass is 246 g/mol. The van der Waals surface area contributed by atoms with Crippen molar-refractivity contribution in [1.82, 2.24) is 15.0 Å². The Labute approximate surface area is 107 Å². The third kappa shape index (κ3) is 2.03. The van der Waals surface area contributed by atoms with Crippen LogP contribution in [-0.2, 0) is 18.3 Å². The summed E-state index contributed by atoms with van der Waals surface area (Å²) in [4.78, 5) is 12.5. The minimum Gasteiger partial charge on any atom is -0.297 e. The van der Waals surface area contributed by atoms with Crippen LogP contribution in [0.2, 0.25) is 0 Å². The molecule has 0 radical (unpaired) electrons. The molecule has 1 aliphatic rings. The average molecular weight is 246 g/mol. The van der Waals surface area contributed by atoms with Crippen LogP contribution in [0.4, 0.5) is 0 Å². The number of carbonyl (C=O) groups excluding carboxylic acids is 1. The number of nitriles is 1. The Morgan fingerprint density at radius 1 is 1.50 bits per heavy atom. The number of hydrogen-bond donors (Lipinski definition) is 0. The van der Waals surface area contributed by atoms with E-state index in [0.29, 0.717) is 18.5 Å². The fourth-order valence-electron chi connectivity index (χ4n) is 2.81. The minimum absolute atomic E-state index is 0.0504. The predicted molar refractivity (Wildman–Crippen MR) is 65.4 cm³/mol. The maximum Gasteiger partial charge on any atom is 0.159 e. The van der Waals surface area contributed by atoms with Crippen LogP contribution in [0.1, 0.15) is 38.8 Å². The van der Waals surface area contributed by atoms with Gasteiger partial charge in [-0.25, -0.2) is 0 Å². The molecule has 0 bridgehead atoms. The highest BCUT2D eigenvalue weighted by molar-refractivity contribution is 5.93. The molecule has 0 saturated heterocycles. The van der Waals surface area contributed by atoms with Gasteiger partial charge in [0.05, 0.1) is 11.8 Å². The SMILES string of the molecule is Cn1cc(CC2(C#N)CCCC(C)(C)C2=O)nn1. The molecule has 96 valence electrons. The summed E-state index contributed by atoms with van der Waals surface area (Å²) in [6, 6.07) is 2.25. The van der Waals surface area contributed by atoms with E-state index in [4.69, 9.17) is 0 Å². The molecule has 1 aromatic rings. The van der Waals surface area contributed by atoms with Gasteiger partial charge in [0.15, 0.2) is 5.78 Å². The van der Waals surface area contributed by atoms with E-state index in [1.54, 1.807) is 17.9 Å². The summed E-state index contributed by atoms with van der Waals surface area (Å²) in [6.07, 6.45) is 4.54. The van der Waals surface area contributed by atoms with Crippen molar-refractivity contribution in [3.63, 3.8) is 0 Å². The third-order valence-electron chi connectivity index (χ3n) is 3.80. The Bertz CT molecular complexity index is 511. The molecule has 1 saturated carbocycles. The van der Waals surface area contributed by atoms with E-state index in [1.807, 2.05) is 13.8 Å². The zero-order valence-corrected chi connectivity index (χ0v) is 11.1. The van der Waals surface area contributed by atoms with Gasteiger partial charge in [0.25, 0.3) is 0 Å². The van der Waals surface area contributed by atoms with Gasteiger partial charge in [-0.2, -0.15) is 5.26 Å². The topological polar surface area (TPSA) is 71.6 Å². The van der Waals surface area contributed by atoms with Gasteiger partial charge in [-0.1, -0.05) is 25.5 Å². The number of hydrogen-bond acceptors (Lipinski definition) is 4. The summed E-state index contributed by atoms with van der Waals surface area (Å²) in [5.41, 5.74) is -0.612. The molecule has 1 aromatic heterocycles. The smallest absolute Gasteiger partial charge is 0.159 e. The van der Waals surface area contributed by atoms with Crippen molar-refractivity contribution in [3.05, 3.63) is 11.9 Å². The number of nitrogens with zero attached hydrogens (tertiary/aromatic N) is 4. The number of aromatic nitrogens is 3. The second-order valence-electron chi connectivity index (χ2n) is 5.82. The summed E-state index contributed by atoms with van der Waals surface area (Å²) in [5, 5.41) is 17.3. The van der Waals surface area contributed by atoms with Crippen LogP contribution in [-0.4, -0.2) is 20.8 Å². The highest BCUT2D eigenvalue weighted by Crippen LogP contribution is 2.44. The van der Waals surface area contributed by atoms with Gasteiger partial charge < -0.3 is 0 Å². The first-order valence-corrected chi connectivity index (χ1v) is 6.21. The zero-order valence-electron chi connectivity index (χ0n) is 11.1. The van der Waals surface area contributed by atoms with Crippen LogP contribution in [0.3, 0.4) is 0 Å². The molecule has 5 nitrogen and oxygen atoms in total. The molecule has 5 heteroatoms. The summed E-state index contributed by atoms with van der Waals surface area (Å²) in [7, 11) is 1.78. The molecule has 2 rings (SSSR count). The van der Waals surface area contributed by atoms with Gasteiger partial charge in [0, 0.05) is 25.1 Å². The Hall–Kier alpha value is -1.70. The van der Waals surface area contributed by atoms with Crippen LogP contribution in [0.15, 0.2) is 6.20 Å². The number of carbonyl (C=O) groups is 1. The number of ketones is 1. The zero-order chi connectivity index (χ0) is 13.4. The van der Waals surface area contributed by atoms with E-state index in [-0.39, 0.29) is 5.78 Å². The molecule has 0 aliphatic heterocycles. The van der Waals surface area contributed by atoms with Crippen molar-refractivity contribution in [2.75, 3.05) is 0 Å². The fourth-order valence-corrected chi connectivity index (χ4v) is 2.81. The molecule has 1 unspecified atom stereocenters. The van der Waals surface area contributed by atoms with E-state index in [9.17, 15) is 10.1 Å². The van der Waals surface area contributed by atoms with Crippen molar-refractivity contribution >= 4 is 5.78 Å². The van der Waals surface area contributed by atoms with Crippen LogP contribution in [0.5, 0.6) is 0 Å². The molecule has 0 spiro atoms. The standard InChI is InChI=1S/C13H18N4O/c1-12(2)5-4-6-13(9-14,11(12)18)7-10-8-17(3)16-15-10/h8H,4-7H2,1-3H3. The molecule has 0 aromatic carbocycles. The fraction of sp³-hybridized carbons (Fsp3) is 0.692. The maximum atomic E-state index is 12.5. The second kappa shape index (κ2) is 4.20. The lowest BCUT2D eigenvalue weighted by molar-refractivity contribution is -0.138. The normalized spacial score (nSPS) is 26.9. The first kappa shape index (κ1) is 12.7. The minimum atomic E-state index is -0.919. The van der Waals surface area contributed by atoms with Gasteiger partial charge in [0.1, 0.15) is 5.41 Å². The number of rotatable bonds is 2. The molecule has 0 N–H and O–H groups in total. The largest absolute Gasteiger partial charge is 0.297 e. The molecule has 1 heterocycles. The van der Waals surface area contributed by atoms with Crippen LogP contribution >= 0.6 is 0 Å². The van der Waals surface area contributed by atoms with Crippen molar-refractivity contribution in [2.24, 2.45) is 17.9 Å². The summed E-state index contributed by atoms with van der Waals surface area (Å²) < 4.78 is 1.60. The average Bonchev–Trinajstić information content (AvgIpc) is 2.71. The molecule has 1 atom stereocenters. The van der Waals surface area contributed by atoms with Crippen molar-refractivity contribution < 1.29 is 4.79 Å². The lowest BCUT2D eigenvalue weighted by Crippen LogP contribution is -2.45. The summed E-state index contributed by atoms with van der Waals surface area (Å²) >= 11 is 0. The Morgan fingerprint density at radius 2 is 2.22 bits per heavy atom. The molecule has 1 aliphatic carbocycles. The summed E-state index contributed by atoms with van der Waals surface area (Å²) in [6.45, 7) is 3.86. The van der Waals surface area contributed by atoms with E-state index in [1.165, 1.54) is 0 Å². The quantitative estimate of drug-likeness (QED) is 0.795. The van der Waals surface area contributed by atoms with E-state index in [0.717, 1.165) is 12.8 Å². The van der Waals surface area contributed by atoms with Gasteiger partial charge in [0.2, 0.25) is 0 Å². The van der Waals surface area contributed by atoms with E-state index >= 15 is 0 Å².